The molecule has 2 aromatic heterocycles. The summed E-state index contributed by atoms with van der Waals surface area (Å²) in [7, 11) is 0. The predicted molar refractivity (Wildman–Crippen MR) is 110 cm³/mol. The molecule has 0 aliphatic carbocycles. The van der Waals surface area contributed by atoms with Gasteiger partial charge < -0.3 is 4.74 Å². The summed E-state index contributed by atoms with van der Waals surface area (Å²) in [5.41, 5.74) is 6.99. The fourth-order valence-electron chi connectivity index (χ4n) is 2.62. The Bertz CT molecular complexity index is 1110. The number of ether oxygens (including phenoxy) is 1. The maximum atomic E-state index is 12.7. The van der Waals surface area contributed by atoms with E-state index in [0.717, 1.165) is 11.1 Å². The van der Waals surface area contributed by atoms with Crippen LogP contribution in [0.4, 0.5) is 4.79 Å². The maximum Gasteiger partial charge on any atom is 0.426 e. The summed E-state index contributed by atoms with van der Waals surface area (Å²) < 4.78 is 5.12. The van der Waals surface area contributed by atoms with Gasteiger partial charge in [0.2, 0.25) is 0 Å². The number of carbonyl (C=O) groups is 2. The van der Waals surface area contributed by atoms with Crippen molar-refractivity contribution >= 4 is 22.9 Å². The highest BCUT2D eigenvalue weighted by atomic mass is 16.6. The second kappa shape index (κ2) is 7.98. The molecule has 2 heterocycles. The molecule has 29 heavy (non-hydrogen) atoms. The monoisotopic (exact) mass is 388 g/mol. The van der Waals surface area contributed by atoms with Gasteiger partial charge >= 0.3 is 6.09 Å². The smallest absolute Gasteiger partial charge is 0.426 e. The Labute approximate surface area is 168 Å². The zero-order chi connectivity index (χ0) is 21.0. The Balaban J connectivity index is 1.92. The van der Waals surface area contributed by atoms with Crippen LogP contribution in [0.15, 0.2) is 48.8 Å². The molecule has 3 rings (SSSR count). The molecule has 7 heteroatoms. The van der Waals surface area contributed by atoms with Crippen molar-refractivity contribution in [2.45, 2.75) is 26.4 Å². The molecule has 7 nitrogen and oxygen atoms in total. The highest BCUT2D eigenvalue weighted by molar-refractivity contribution is 6.07. The van der Waals surface area contributed by atoms with Crippen molar-refractivity contribution in [3.63, 3.8) is 0 Å². The first kappa shape index (κ1) is 19.8. The van der Waals surface area contributed by atoms with E-state index in [1.807, 2.05) is 12.1 Å². The predicted octanol–water partition coefficient (Wildman–Crippen LogP) is 3.45. The number of hydrogen-bond acceptors (Lipinski definition) is 5. The van der Waals surface area contributed by atoms with Crippen molar-refractivity contribution in [3.05, 3.63) is 59.9 Å². The number of fused-ring (bicyclic) bond motifs is 1. The molecule has 146 valence electrons. The van der Waals surface area contributed by atoms with E-state index >= 15 is 0 Å². The van der Waals surface area contributed by atoms with Gasteiger partial charge in [0.1, 0.15) is 5.60 Å². The molecule has 3 aromatic rings. The molecule has 0 spiro atoms. The molecule has 2 amide bonds. The van der Waals surface area contributed by atoms with Crippen LogP contribution >= 0.6 is 0 Å². The van der Waals surface area contributed by atoms with Crippen LogP contribution in [-0.2, 0) is 4.74 Å². The molecule has 1 aromatic carbocycles. The zero-order valence-electron chi connectivity index (χ0n) is 16.3. The van der Waals surface area contributed by atoms with E-state index in [9.17, 15) is 9.59 Å². The largest absolute Gasteiger partial charge is 0.443 e. The lowest BCUT2D eigenvalue weighted by atomic mass is 10.0. The molecule has 0 bridgehead atoms. The van der Waals surface area contributed by atoms with E-state index < -0.39 is 17.6 Å². The van der Waals surface area contributed by atoms with Gasteiger partial charge in [-0.1, -0.05) is 18.1 Å². The molecule has 0 aliphatic rings. The molecule has 0 radical (unpaired) electrons. The number of nitrogens with one attached hydrogen (secondary N) is 2. The summed E-state index contributed by atoms with van der Waals surface area (Å²) in [6.45, 7) is 5.19. The Kier molecular flexibility index (Phi) is 5.46. The normalized spacial score (nSPS) is 10.8. The third-order valence-corrected chi connectivity index (χ3v) is 3.88. The van der Waals surface area contributed by atoms with E-state index in [0.29, 0.717) is 22.2 Å². The van der Waals surface area contributed by atoms with Gasteiger partial charge in [0.05, 0.1) is 16.8 Å². The van der Waals surface area contributed by atoms with Gasteiger partial charge in [-0.05, 0) is 45.0 Å². The van der Waals surface area contributed by atoms with Gasteiger partial charge in [-0.15, -0.1) is 6.42 Å². The van der Waals surface area contributed by atoms with Crippen molar-refractivity contribution in [2.24, 2.45) is 0 Å². The van der Waals surface area contributed by atoms with E-state index in [2.05, 4.69) is 26.7 Å². The first-order valence-corrected chi connectivity index (χ1v) is 8.88. The van der Waals surface area contributed by atoms with Gasteiger partial charge in [-0.2, -0.15) is 0 Å². The van der Waals surface area contributed by atoms with E-state index in [4.69, 9.17) is 11.2 Å². The number of hydrogen-bond donors (Lipinski definition) is 2. The van der Waals surface area contributed by atoms with Crippen molar-refractivity contribution in [2.75, 3.05) is 0 Å². The number of amides is 2. The summed E-state index contributed by atoms with van der Waals surface area (Å²) in [4.78, 5) is 33.2. The van der Waals surface area contributed by atoms with Crippen LogP contribution in [0.5, 0.6) is 0 Å². The number of benzene rings is 1. The Hall–Kier alpha value is -3.92. The minimum Gasteiger partial charge on any atom is -0.443 e. The zero-order valence-corrected chi connectivity index (χ0v) is 16.3. The quantitative estimate of drug-likeness (QED) is 0.518. The van der Waals surface area contributed by atoms with Crippen LogP contribution in [0.25, 0.3) is 22.2 Å². The Morgan fingerprint density at radius 3 is 2.48 bits per heavy atom. The van der Waals surface area contributed by atoms with Crippen molar-refractivity contribution in [3.8, 4) is 23.6 Å². The van der Waals surface area contributed by atoms with Gasteiger partial charge in [-0.25, -0.2) is 15.2 Å². The topological polar surface area (TPSA) is 93.2 Å². The Morgan fingerprint density at radius 2 is 1.83 bits per heavy atom. The lowest BCUT2D eigenvalue weighted by molar-refractivity contribution is 0.0483. The van der Waals surface area contributed by atoms with Crippen LogP contribution in [-0.4, -0.2) is 27.6 Å². The number of pyridine rings is 2. The lowest BCUT2D eigenvalue weighted by Gasteiger charge is -2.19. The van der Waals surface area contributed by atoms with Crippen LogP contribution < -0.4 is 10.9 Å². The number of carbonyl (C=O) groups excluding carboxylic acids is 2. The SMILES string of the molecule is C#Cc1ccc(-c2cc(C(=O)NNC(=O)OC(C)(C)C)c3cnccc3n2)cc1. The van der Waals surface area contributed by atoms with Crippen molar-refractivity contribution in [1.29, 1.82) is 0 Å². The summed E-state index contributed by atoms with van der Waals surface area (Å²) in [5, 5.41) is 0.556. The van der Waals surface area contributed by atoms with Crippen molar-refractivity contribution < 1.29 is 14.3 Å². The standard InChI is InChI=1S/C22H20N4O3/c1-5-14-6-8-15(9-7-14)19-12-16(17-13-23-11-10-18(17)24-19)20(27)25-26-21(28)29-22(2,3)4/h1,6-13H,2-4H3,(H,25,27)(H,26,28). The van der Waals surface area contributed by atoms with Crippen LogP contribution in [0, 0.1) is 12.3 Å². The van der Waals surface area contributed by atoms with Gasteiger partial charge in [0, 0.05) is 28.9 Å². The molecule has 0 unspecified atom stereocenters. The third-order valence-electron chi connectivity index (χ3n) is 3.88. The summed E-state index contributed by atoms with van der Waals surface area (Å²) in [5.74, 6) is 2.05. The molecule has 0 saturated heterocycles. The number of aromatic nitrogens is 2. The van der Waals surface area contributed by atoms with Gasteiger partial charge in [0.25, 0.3) is 5.91 Å². The van der Waals surface area contributed by atoms with E-state index in [1.54, 1.807) is 57.4 Å². The molecule has 0 fully saturated rings. The second-order valence-electron chi connectivity index (χ2n) is 7.25. The summed E-state index contributed by atoms with van der Waals surface area (Å²) in [6.07, 6.45) is 7.80. The molecular weight excluding hydrogens is 368 g/mol. The fraction of sp³-hybridized carbons (Fsp3) is 0.182. The molecule has 2 N–H and O–H groups in total. The van der Waals surface area contributed by atoms with E-state index in [-0.39, 0.29) is 0 Å². The highest BCUT2D eigenvalue weighted by Crippen LogP contribution is 2.24. The number of terminal acetylenes is 1. The number of hydrazine groups is 1. The minimum absolute atomic E-state index is 0.315. The molecule has 0 saturated carbocycles. The molecule has 0 aliphatic heterocycles. The van der Waals surface area contributed by atoms with Crippen LogP contribution in [0.3, 0.4) is 0 Å². The Morgan fingerprint density at radius 1 is 1.10 bits per heavy atom. The summed E-state index contributed by atoms with van der Waals surface area (Å²) >= 11 is 0. The molecule has 0 atom stereocenters. The van der Waals surface area contributed by atoms with Gasteiger partial charge in [0.15, 0.2) is 0 Å². The lowest BCUT2D eigenvalue weighted by Crippen LogP contribution is -2.44. The van der Waals surface area contributed by atoms with Crippen LogP contribution in [0.2, 0.25) is 0 Å². The van der Waals surface area contributed by atoms with Crippen LogP contribution in [0.1, 0.15) is 36.7 Å². The highest BCUT2D eigenvalue weighted by Gasteiger charge is 2.18. The average Bonchev–Trinajstić information content (AvgIpc) is 2.70. The molecular formula is C22H20N4O3. The third kappa shape index (κ3) is 4.87. The minimum atomic E-state index is -0.757. The van der Waals surface area contributed by atoms with Gasteiger partial charge in [-0.3, -0.25) is 15.2 Å². The number of rotatable bonds is 2. The maximum absolute atomic E-state index is 12.7. The average molecular weight is 388 g/mol. The second-order valence-corrected chi connectivity index (χ2v) is 7.25. The first-order chi connectivity index (χ1) is 13.8. The van der Waals surface area contributed by atoms with E-state index in [1.165, 1.54) is 0 Å². The fourth-order valence-corrected chi connectivity index (χ4v) is 2.62. The number of nitrogens with zero attached hydrogens (tertiary/aromatic N) is 2. The summed E-state index contributed by atoms with van der Waals surface area (Å²) in [6, 6.07) is 10.6. The first-order valence-electron chi connectivity index (χ1n) is 8.88. The van der Waals surface area contributed by atoms with Crippen molar-refractivity contribution in [1.82, 2.24) is 20.8 Å².